The molecule has 1 aromatic carbocycles. The van der Waals surface area contributed by atoms with Crippen molar-refractivity contribution in [2.45, 2.75) is 24.4 Å². The molecule has 1 heterocycles. The van der Waals surface area contributed by atoms with E-state index >= 15 is 0 Å². The van der Waals surface area contributed by atoms with E-state index in [9.17, 15) is 4.79 Å². The Morgan fingerprint density at radius 2 is 2.19 bits per heavy atom. The lowest BCUT2D eigenvalue weighted by Crippen LogP contribution is -2.36. The first-order valence-corrected chi connectivity index (χ1v) is 5.26. The standard InChI is InChI=1S/C11H13N3O2/c12-9(11(13)3-4-11)6-1-2-8-7(5-6)14-10(15)16-8/h1-2,5,9H,3-4,12-13H2,(H,14,15). The van der Waals surface area contributed by atoms with Crippen LogP contribution in [-0.2, 0) is 0 Å². The van der Waals surface area contributed by atoms with Crippen molar-refractivity contribution in [3.8, 4) is 0 Å². The number of benzene rings is 1. The molecule has 2 aromatic rings. The van der Waals surface area contributed by atoms with Crippen LogP contribution in [0.15, 0.2) is 27.4 Å². The molecule has 1 aliphatic rings. The number of hydrogen-bond acceptors (Lipinski definition) is 4. The van der Waals surface area contributed by atoms with Gasteiger partial charge in [-0.3, -0.25) is 4.98 Å². The Morgan fingerprint density at radius 3 is 2.88 bits per heavy atom. The van der Waals surface area contributed by atoms with Gasteiger partial charge in [-0.1, -0.05) is 6.07 Å². The third-order valence-corrected chi connectivity index (χ3v) is 3.25. The van der Waals surface area contributed by atoms with Gasteiger partial charge in [-0.25, -0.2) is 4.79 Å². The monoisotopic (exact) mass is 219 g/mol. The molecule has 5 N–H and O–H groups in total. The minimum atomic E-state index is -0.449. The van der Waals surface area contributed by atoms with Gasteiger partial charge in [0, 0.05) is 11.6 Å². The summed E-state index contributed by atoms with van der Waals surface area (Å²) in [6.45, 7) is 0. The van der Waals surface area contributed by atoms with Crippen molar-refractivity contribution in [2.75, 3.05) is 0 Å². The SMILES string of the molecule is NC(c1ccc2oc(=O)[nH]c2c1)C1(N)CC1. The Labute approximate surface area is 91.4 Å². The van der Waals surface area contributed by atoms with Crippen molar-refractivity contribution in [3.63, 3.8) is 0 Å². The Kier molecular flexibility index (Phi) is 1.78. The van der Waals surface area contributed by atoms with Gasteiger partial charge < -0.3 is 15.9 Å². The average molecular weight is 219 g/mol. The van der Waals surface area contributed by atoms with E-state index in [0.717, 1.165) is 18.4 Å². The van der Waals surface area contributed by atoms with Gasteiger partial charge in [0.25, 0.3) is 0 Å². The summed E-state index contributed by atoms with van der Waals surface area (Å²) in [6, 6.07) is 5.25. The number of hydrogen-bond donors (Lipinski definition) is 3. The molecule has 1 unspecified atom stereocenters. The van der Waals surface area contributed by atoms with Gasteiger partial charge in [0.05, 0.1) is 5.52 Å². The van der Waals surface area contributed by atoms with Crippen LogP contribution < -0.4 is 17.2 Å². The molecule has 0 bridgehead atoms. The molecule has 5 nitrogen and oxygen atoms in total. The van der Waals surface area contributed by atoms with Crippen molar-refractivity contribution in [1.82, 2.24) is 4.98 Å². The number of nitrogens with two attached hydrogens (primary N) is 2. The number of aromatic nitrogens is 1. The lowest BCUT2D eigenvalue weighted by molar-refractivity contribution is 0.535. The molecule has 1 atom stereocenters. The van der Waals surface area contributed by atoms with Crippen molar-refractivity contribution < 1.29 is 4.42 Å². The summed E-state index contributed by atoms with van der Waals surface area (Å²) in [5.41, 5.74) is 14.0. The summed E-state index contributed by atoms with van der Waals surface area (Å²) in [6.07, 6.45) is 1.90. The number of aromatic amines is 1. The number of fused-ring (bicyclic) bond motifs is 1. The predicted molar refractivity (Wildman–Crippen MR) is 59.9 cm³/mol. The third kappa shape index (κ3) is 1.36. The van der Waals surface area contributed by atoms with E-state index in [1.807, 2.05) is 12.1 Å². The van der Waals surface area contributed by atoms with E-state index in [-0.39, 0.29) is 11.6 Å². The maximum absolute atomic E-state index is 11.0. The van der Waals surface area contributed by atoms with Crippen molar-refractivity contribution in [2.24, 2.45) is 11.5 Å². The minimum Gasteiger partial charge on any atom is -0.408 e. The molecule has 0 saturated heterocycles. The van der Waals surface area contributed by atoms with Crippen molar-refractivity contribution in [3.05, 3.63) is 34.3 Å². The molecular weight excluding hydrogens is 206 g/mol. The van der Waals surface area contributed by atoms with E-state index in [1.165, 1.54) is 0 Å². The Morgan fingerprint density at radius 1 is 1.44 bits per heavy atom. The highest BCUT2D eigenvalue weighted by Gasteiger charge is 2.44. The van der Waals surface area contributed by atoms with Gasteiger partial charge in [0.15, 0.2) is 5.58 Å². The molecule has 0 amide bonds. The highest BCUT2D eigenvalue weighted by molar-refractivity contribution is 5.73. The first-order valence-electron chi connectivity index (χ1n) is 5.26. The summed E-state index contributed by atoms with van der Waals surface area (Å²) in [4.78, 5) is 13.6. The quantitative estimate of drug-likeness (QED) is 0.689. The number of H-pyrrole nitrogens is 1. The van der Waals surface area contributed by atoms with Gasteiger partial charge >= 0.3 is 5.76 Å². The van der Waals surface area contributed by atoms with Crippen molar-refractivity contribution in [1.29, 1.82) is 0 Å². The average Bonchev–Trinajstić information content (AvgIpc) is 2.89. The van der Waals surface area contributed by atoms with Gasteiger partial charge in [-0.2, -0.15) is 0 Å². The molecule has 1 fully saturated rings. The maximum atomic E-state index is 11.0. The highest BCUT2D eigenvalue weighted by atomic mass is 16.4. The van der Waals surface area contributed by atoms with E-state index in [2.05, 4.69) is 4.98 Å². The molecule has 16 heavy (non-hydrogen) atoms. The first-order chi connectivity index (χ1) is 7.58. The lowest BCUT2D eigenvalue weighted by atomic mass is 9.99. The molecule has 0 radical (unpaired) electrons. The predicted octanol–water partition coefficient (Wildman–Crippen LogP) is 0.612. The molecule has 1 aliphatic carbocycles. The number of oxazole rings is 1. The first kappa shape index (κ1) is 9.62. The van der Waals surface area contributed by atoms with Crippen LogP contribution in [0.5, 0.6) is 0 Å². The smallest absolute Gasteiger partial charge is 0.408 e. The summed E-state index contributed by atoms with van der Waals surface area (Å²) < 4.78 is 4.92. The third-order valence-electron chi connectivity index (χ3n) is 3.25. The Balaban J connectivity index is 2.07. The minimum absolute atomic E-state index is 0.185. The molecule has 1 aromatic heterocycles. The van der Waals surface area contributed by atoms with Crippen LogP contribution in [0.4, 0.5) is 0 Å². The van der Waals surface area contributed by atoms with E-state index < -0.39 is 5.76 Å². The zero-order valence-electron chi connectivity index (χ0n) is 8.69. The van der Waals surface area contributed by atoms with E-state index in [1.54, 1.807) is 6.07 Å². The van der Waals surface area contributed by atoms with E-state index in [4.69, 9.17) is 15.9 Å². The second kappa shape index (κ2) is 2.96. The number of nitrogens with one attached hydrogen (secondary N) is 1. The fourth-order valence-corrected chi connectivity index (χ4v) is 1.95. The fourth-order valence-electron chi connectivity index (χ4n) is 1.95. The topological polar surface area (TPSA) is 98.0 Å². The molecule has 84 valence electrons. The summed E-state index contributed by atoms with van der Waals surface area (Å²) in [5, 5.41) is 0. The molecular formula is C11H13N3O2. The van der Waals surface area contributed by atoms with Crippen LogP contribution in [0.3, 0.4) is 0 Å². The molecule has 3 rings (SSSR count). The molecule has 0 aliphatic heterocycles. The van der Waals surface area contributed by atoms with Gasteiger partial charge in [-0.05, 0) is 30.5 Å². The second-order valence-corrected chi connectivity index (χ2v) is 4.48. The maximum Gasteiger partial charge on any atom is 0.417 e. The number of rotatable bonds is 2. The second-order valence-electron chi connectivity index (χ2n) is 4.48. The summed E-state index contributed by atoms with van der Waals surface area (Å²) in [7, 11) is 0. The fraction of sp³-hybridized carbons (Fsp3) is 0.364. The van der Waals surface area contributed by atoms with Crippen LogP contribution in [0.25, 0.3) is 11.1 Å². The van der Waals surface area contributed by atoms with Gasteiger partial charge in [0.2, 0.25) is 0 Å². The lowest BCUT2D eigenvalue weighted by Gasteiger charge is -2.18. The van der Waals surface area contributed by atoms with Crippen molar-refractivity contribution >= 4 is 11.1 Å². The summed E-state index contributed by atoms with van der Waals surface area (Å²) in [5.74, 6) is -0.449. The van der Waals surface area contributed by atoms with E-state index in [0.29, 0.717) is 11.1 Å². The van der Waals surface area contributed by atoms with Crippen LogP contribution in [0.2, 0.25) is 0 Å². The summed E-state index contributed by atoms with van der Waals surface area (Å²) >= 11 is 0. The van der Waals surface area contributed by atoms with Crippen LogP contribution in [0, 0.1) is 0 Å². The normalized spacial score (nSPS) is 19.9. The van der Waals surface area contributed by atoms with Gasteiger partial charge in [0.1, 0.15) is 0 Å². The molecule has 1 saturated carbocycles. The molecule has 5 heteroatoms. The van der Waals surface area contributed by atoms with Crippen LogP contribution >= 0.6 is 0 Å². The highest BCUT2D eigenvalue weighted by Crippen LogP contribution is 2.42. The largest absolute Gasteiger partial charge is 0.417 e. The Bertz CT molecular complexity index is 595. The van der Waals surface area contributed by atoms with Crippen LogP contribution in [0.1, 0.15) is 24.4 Å². The zero-order valence-corrected chi connectivity index (χ0v) is 8.69. The van der Waals surface area contributed by atoms with Crippen LogP contribution in [-0.4, -0.2) is 10.5 Å². The Hall–Kier alpha value is -1.59. The zero-order chi connectivity index (χ0) is 11.3. The molecule has 0 spiro atoms. The van der Waals surface area contributed by atoms with Gasteiger partial charge in [-0.15, -0.1) is 0 Å².